The number of carbonyl (C=O) groups is 3. The van der Waals surface area contributed by atoms with Gasteiger partial charge < -0.3 is 30.0 Å². The Kier molecular flexibility index (Phi) is 8.75. The molecule has 3 amide bonds. The minimum atomic E-state index is -1.68. The molecule has 0 bridgehead atoms. The van der Waals surface area contributed by atoms with E-state index in [-0.39, 0.29) is 31.9 Å². The molecule has 3 aromatic rings. The molecule has 38 heavy (non-hydrogen) atoms. The number of para-hydroxylation sites is 2. The highest BCUT2D eigenvalue weighted by molar-refractivity contribution is 6.08. The molecule has 0 saturated carbocycles. The third-order valence-electron chi connectivity index (χ3n) is 5.68. The lowest BCUT2D eigenvalue weighted by Crippen LogP contribution is -2.56. The molecule has 0 radical (unpaired) electrons. The Balaban J connectivity index is 1.35. The van der Waals surface area contributed by atoms with E-state index in [1.807, 2.05) is 18.2 Å². The van der Waals surface area contributed by atoms with Gasteiger partial charge in [0, 0.05) is 5.56 Å². The molecule has 0 saturated heterocycles. The van der Waals surface area contributed by atoms with Gasteiger partial charge in [0.05, 0.1) is 13.2 Å². The number of amides is 3. The molecule has 11 nitrogen and oxygen atoms in total. The zero-order valence-electron chi connectivity index (χ0n) is 20.3. The average Bonchev–Trinajstić information content (AvgIpc) is 2.97. The van der Waals surface area contributed by atoms with Crippen molar-refractivity contribution < 1.29 is 38.9 Å². The van der Waals surface area contributed by atoms with Gasteiger partial charge in [-0.2, -0.15) is 0 Å². The van der Waals surface area contributed by atoms with Crippen LogP contribution in [-0.4, -0.2) is 66.5 Å². The van der Waals surface area contributed by atoms with E-state index in [1.54, 1.807) is 54.6 Å². The van der Waals surface area contributed by atoms with E-state index in [2.05, 4.69) is 10.6 Å². The van der Waals surface area contributed by atoms with E-state index in [0.717, 1.165) is 11.1 Å². The van der Waals surface area contributed by atoms with Crippen LogP contribution in [0.15, 0.2) is 72.8 Å². The van der Waals surface area contributed by atoms with E-state index in [4.69, 9.17) is 24.5 Å². The molecule has 2 unspecified atom stereocenters. The first kappa shape index (κ1) is 26.5. The number of nitrogens with one attached hydrogen (secondary N) is 3. The van der Waals surface area contributed by atoms with Crippen LogP contribution in [0.4, 0.5) is 0 Å². The van der Waals surface area contributed by atoms with Crippen LogP contribution >= 0.6 is 0 Å². The number of hydrogen-bond donors (Lipinski definition) is 5. The first-order valence-corrected chi connectivity index (χ1v) is 11.8. The van der Waals surface area contributed by atoms with Gasteiger partial charge in [0.15, 0.2) is 17.5 Å². The molecule has 1 heterocycles. The van der Waals surface area contributed by atoms with Gasteiger partial charge in [-0.1, -0.05) is 36.4 Å². The number of fused-ring (bicyclic) bond motifs is 1. The smallest absolute Gasteiger partial charge is 0.275 e. The molecule has 0 aliphatic carbocycles. The summed E-state index contributed by atoms with van der Waals surface area (Å²) in [5.74, 6) is -0.855. The van der Waals surface area contributed by atoms with Crippen molar-refractivity contribution in [3.8, 4) is 28.4 Å². The van der Waals surface area contributed by atoms with Crippen molar-refractivity contribution in [3.05, 3.63) is 78.4 Å². The quantitative estimate of drug-likeness (QED) is 0.152. The SMILES string of the molecule is O=C(NC(C(=O)NO)C(=O)NCC1COc2ccccc2O1)c1ccc(-c2ccc(OCCO)cc2)cc1. The molecule has 11 heteroatoms. The second kappa shape index (κ2) is 12.6. The molecule has 198 valence electrons. The van der Waals surface area contributed by atoms with Crippen LogP contribution in [0.3, 0.4) is 0 Å². The highest BCUT2D eigenvalue weighted by atomic mass is 16.6. The summed E-state index contributed by atoms with van der Waals surface area (Å²) in [5, 5.41) is 22.8. The average molecular weight is 522 g/mol. The maximum absolute atomic E-state index is 12.8. The summed E-state index contributed by atoms with van der Waals surface area (Å²) in [4.78, 5) is 37.6. The third kappa shape index (κ3) is 6.58. The molecular formula is C27H27N3O8. The Morgan fingerprint density at radius 2 is 1.58 bits per heavy atom. The molecule has 1 aliphatic rings. The number of carbonyl (C=O) groups excluding carboxylic acids is 3. The highest BCUT2D eigenvalue weighted by Gasteiger charge is 2.30. The van der Waals surface area contributed by atoms with Crippen LogP contribution in [0.1, 0.15) is 10.4 Å². The predicted molar refractivity (Wildman–Crippen MR) is 135 cm³/mol. The van der Waals surface area contributed by atoms with Gasteiger partial charge in [0.25, 0.3) is 17.7 Å². The van der Waals surface area contributed by atoms with Crippen LogP contribution in [0.25, 0.3) is 11.1 Å². The molecular weight excluding hydrogens is 494 g/mol. The summed E-state index contributed by atoms with van der Waals surface area (Å²) >= 11 is 0. The van der Waals surface area contributed by atoms with E-state index >= 15 is 0 Å². The normalized spacial score (nSPS) is 14.6. The molecule has 4 rings (SSSR count). The van der Waals surface area contributed by atoms with Gasteiger partial charge in [-0.25, -0.2) is 5.48 Å². The number of hydrogen-bond acceptors (Lipinski definition) is 8. The van der Waals surface area contributed by atoms with Gasteiger partial charge in [0.1, 0.15) is 25.1 Å². The van der Waals surface area contributed by atoms with Crippen LogP contribution in [0, 0.1) is 0 Å². The van der Waals surface area contributed by atoms with Crippen molar-refractivity contribution in [1.82, 2.24) is 16.1 Å². The van der Waals surface area contributed by atoms with Crippen molar-refractivity contribution >= 4 is 17.7 Å². The fourth-order valence-electron chi connectivity index (χ4n) is 3.73. The van der Waals surface area contributed by atoms with Crippen LogP contribution in [0.5, 0.6) is 17.2 Å². The number of aliphatic hydroxyl groups excluding tert-OH is 1. The van der Waals surface area contributed by atoms with Crippen molar-refractivity contribution in [3.63, 3.8) is 0 Å². The van der Waals surface area contributed by atoms with Gasteiger partial charge in [-0.05, 0) is 47.5 Å². The van der Waals surface area contributed by atoms with Crippen LogP contribution < -0.4 is 30.3 Å². The van der Waals surface area contributed by atoms with Crippen molar-refractivity contribution in [2.24, 2.45) is 0 Å². The predicted octanol–water partition coefficient (Wildman–Crippen LogP) is 1.28. The summed E-state index contributed by atoms with van der Waals surface area (Å²) in [5.41, 5.74) is 3.32. The van der Waals surface area contributed by atoms with Crippen molar-refractivity contribution in [2.75, 3.05) is 26.4 Å². The van der Waals surface area contributed by atoms with E-state index in [9.17, 15) is 14.4 Å². The molecule has 3 aromatic carbocycles. The molecule has 2 atom stereocenters. The van der Waals surface area contributed by atoms with E-state index in [1.165, 1.54) is 5.48 Å². The van der Waals surface area contributed by atoms with Gasteiger partial charge >= 0.3 is 0 Å². The van der Waals surface area contributed by atoms with Crippen molar-refractivity contribution in [2.45, 2.75) is 12.1 Å². The Bertz CT molecular complexity index is 1260. The van der Waals surface area contributed by atoms with Gasteiger partial charge in [-0.15, -0.1) is 0 Å². The monoisotopic (exact) mass is 521 g/mol. The summed E-state index contributed by atoms with van der Waals surface area (Å²) in [7, 11) is 0. The largest absolute Gasteiger partial charge is 0.491 e. The van der Waals surface area contributed by atoms with E-state index < -0.39 is 29.9 Å². The zero-order chi connectivity index (χ0) is 26.9. The minimum absolute atomic E-state index is 0.0107. The Hall–Kier alpha value is -4.61. The summed E-state index contributed by atoms with van der Waals surface area (Å²) in [6, 6.07) is 19.2. The first-order chi connectivity index (χ1) is 18.5. The lowest BCUT2D eigenvalue weighted by atomic mass is 10.0. The van der Waals surface area contributed by atoms with Crippen LogP contribution in [-0.2, 0) is 9.59 Å². The zero-order valence-corrected chi connectivity index (χ0v) is 20.3. The summed E-state index contributed by atoms with van der Waals surface area (Å²) < 4.78 is 16.7. The first-order valence-electron chi connectivity index (χ1n) is 11.8. The van der Waals surface area contributed by atoms with E-state index in [0.29, 0.717) is 17.2 Å². The van der Waals surface area contributed by atoms with Crippen molar-refractivity contribution in [1.29, 1.82) is 0 Å². The second-order valence-electron chi connectivity index (χ2n) is 8.30. The summed E-state index contributed by atoms with van der Waals surface area (Å²) in [6.07, 6.45) is -0.509. The van der Waals surface area contributed by atoms with Gasteiger partial charge in [-0.3, -0.25) is 19.6 Å². The third-order valence-corrected chi connectivity index (χ3v) is 5.68. The molecule has 5 N–H and O–H groups in total. The van der Waals surface area contributed by atoms with Gasteiger partial charge in [0.2, 0.25) is 0 Å². The summed E-state index contributed by atoms with van der Waals surface area (Å²) in [6.45, 7) is 0.322. The minimum Gasteiger partial charge on any atom is -0.491 e. The number of benzene rings is 3. The Morgan fingerprint density at radius 3 is 2.24 bits per heavy atom. The Labute approximate surface area is 218 Å². The number of aliphatic hydroxyl groups is 1. The Morgan fingerprint density at radius 1 is 0.921 bits per heavy atom. The fraction of sp³-hybridized carbons (Fsp3) is 0.222. The molecule has 0 fully saturated rings. The lowest BCUT2D eigenvalue weighted by Gasteiger charge is -2.27. The topological polar surface area (TPSA) is 155 Å². The molecule has 1 aliphatic heterocycles. The number of hydroxylamine groups is 1. The fourth-order valence-corrected chi connectivity index (χ4v) is 3.73. The maximum Gasteiger partial charge on any atom is 0.275 e. The number of ether oxygens (including phenoxy) is 3. The molecule has 0 spiro atoms. The van der Waals surface area contributed by atoms with Crippen LogP contribution in [0.2, 0.25) is 0 Å². The molecule has 0 aromatic heterocycles. The standard InChI is InChI=1S/C27H27N3O8/c31-13-14-36-20-11-9-18(10-12-20)17-5-7-19(8-6-17)25(32)29-24(27(34)30-35)26(33)28-15-21-16-37-22-3-1-2-4-23(22)38-21/h1-12,21,24,31,35H,13-16H2,(H,28,33)(H,29,32)(H,30,34). The second-order valence-corrected chi connectivity index (χ2v) is 8.30. The maximum atomic E-state index is 12.8. The number of rotatable bonds is 10. The highest BCUT2D eigenvalue weighted by Crippen LogP contribution is 2.30. The lowest BCUT2D eigenvalue weighted by molar-refractivity contribution is -0.137.